The highest BCUT2D eigenvalue weighted by atomic mass is 15.1. The van der Waals surface area contributed by atoms with Gasteiger partial charge < -0.3 is 9.80 Å². The van der Waals surface area contributed by atoms with Crippen LogP contribution in [0.15, 0.2) is 194 Å². The van der Waals surface area contributed by atoms with Crippen molar-refractivity contribution < 1.29 is 0 Å². The second-order valence-electron chi connectivity index (χ2n) is 16.8. The Morgan fingerprint density at radius 3 is 1.00 bits per heavy atom. The summed E-state index contributed by atoms with van der Waals surface area (Å²) in [6.45, 7) is 13.5. The lowest BCUT2D eigenvalue weighted by Crippen LogP contribution is -2.11. The maximum Gasteiger partial charge on any atom is 0.0468 e. The first-order valence-corrected chi connectivity index (χ1v) is 21.3. The summed E-state index contributed by atoms with van der Waals surface area (Å²) in [5.41, 5.74) is 16.9. The lowest BCUT2D eigenvalue weighted by molar-refractivity contribution is 0.864. The number of hydrogen-bond donors (Lipinski definition) is 0. The third-order valence-electron chi connectivity index (χ3n) is 11.8. The zero-order chi connectivity index (χ0) is 41.3. The summed E-state index contributed by atoms with van der Waals surface area (Å²) < 4.78 is 0. The molecule has 0 spiro atoms. The Morgan fingerprint density at radius 1 is 0.300 bits per heavy atom. The SMILES string of the molecule is Cc1cc(C(C)C)cc(N(c2ccccc2)c2ccc3c(-c4ccccc4)c4cc(N(c5ccccc5)c5cc(C)cc(C(C)C)c5)ccc4c(-c4ccccc4)c3c2)c1. The van der Waals surface area contributed by atoms with E-state index in [1.165, 1.54) is 66.1 Å². The molecular formula is C58H52N2. The summed E-state index contributed by atoms with van der Waals surface area (Å²) in [5.74, 6) is 0.821. The van der Waals surface area contributed by atoms with Crippen LogP contribution in [0, 0.1) is 13.8 Å². The van der Waals surface area contributed by atoms with Crippen LogP contribution in [0.2, 0.25) is 0 Å². The highest BCUT2D eigenvalue weighted by Crippen LogP contribution is 2.48. The molecule has 60 heavy (non-hydrogen) atoms. The molecule has 0 radical (unpaired) electrons. The van der Waals surface area contributed by atoms with Crippen molar-refractivity contribution in [2.45, 2.75) is 53.4 Å². The number of para-hydroxylation sites is 2. The number of nitrogens with zero attached hydrogens (tertiary/aromatic N) is 2. The molecule has 0 aliphatic heterocycles. The molecule has 9 aromatic rings. The van der Waals surface area contributed by atoms with Gasteiger partial charge in [-0.1, -0.05) is 149 Å². The maximum absolute atomic E-state index is 2.43. The van der Waals surface area contributed by atoms with E-state index >= 15 is 0 Å². The number of fused-ring (bicyclic) bond motifs is 2. The third kappa shape index (κ3) is 7.46. The molecule has 9 rings (SSSR count). The van der Waals surface area contributed by atoms with E-state index in [0.29, 0.717) is 11.8 Å². The van der Waals surface area contributed by atoms with Crippen LogP contribution in [0.3, 0.4) is 0 Å². The molecule has 0 amide bonds. The quantitative estimate of drug-likeness (QED) is 0.128. The largest absolute Gasteiger partial charge is 0.310 e. The van der Waals surface area contributed by atoms with Gasteiger partial charge in [0.25, 0.3) is 0 Å². The Hall–Kier alpha value is -6.90. The van der Waals surface area contributed by atoms with E-state index in [2.05, 4.69) is 245 Å². The van der Waals surface area contributed by atoms with Crippen molar-refractivity contribution in [3.63, 3.8) is 0 Å². The molecule has 0 heterocycles. The van der Waals surface area contributed by atoms with Gasteiger partial charge in [-0.15, -0.1) is 0 Å². The van der Waals surface area contributed by atoms with E-state index in [-0.39, 0.29) is 0 Å². The normalized spacial score (nSPS) is 11.5. The van der Waals surface area contributed by atoms with E-state index in [4.69, 9.17) is 0 Å². The second-order valence-corrected chi connectivity index (χ2v) is 16.8. The molecule has 0 unspecified atom stereocenters. The molecule has 0 atom stereocenters. The number of aryl methyl sites for hydroxylation is 2. The summed E-state index contributed by atoms with van der Waals surface area (Å²) in [7, 11) is 0. The van der Waals surface area contributed by atoms with E-state index < -0.39 is 0 Å². The van der Waals surface area contributed by atoms with Gasteiger partial charge in [-0.2, -0.15) is 0 Å². The fourth-order valence-corrected chi connectivity index (χ4v) is 8.87. The molecule has 9 aromatic carbocycles. The van der Waals surface area contributed by atoms with Gasteiger partial charge in [-0.3, -0.25) is 0 Å². The van der Waals surface area contributed by atoms with Gasteiger partial charge in [0.2, 0.25) is 0 Å². The van der Waals surface area contributed by atoms with Crippen LogP contribution >= 0.6 is 0 Å². The van der Waals surface area contributed by atoms with Gasteiger partial charge >= 0.3 is 0 Å². The fraction of sp³-hybridized carbons (Fsp3) is 0.138. The lowest BCUT2D eigenvalue weighted by atomic mass is 9.85. The summed E-state index contributed by atoms with van der Waals surface area (Å²) in [6.07, 6.45) is 0. The first-order valence-electron chi connectivity index (χ1n) is 21.3. The summed E-state index contributed by atoms with van der Waals surface area (Å²) in [6, 6.07) is 71.7. The zero-order valence-electron chi connectivity index (χ0n) is 35.5. The highest BCUT2D eigenvalue weighted by Gasteiger charge is 2.23. The third-order valence-corrected chi connectivity index (χ3v) is 11.8. The molecule has 0 aliphatic rings. The van der Waals surface area contributed by atoms with Crippen LogP contribution < -0.4 is 9.80 Å². The summed E-state index contributed by atoms with van der Waals surface area (Å²) in [4.78, 5) is 4.85. The topological polar surface area (TPSA) is 6.48 Å². The van der Waals surface area contributed by atoms with Gasteiger partial charge in [-0.25, -0.2) is 0 Å². The summed E-state index contributed by atoms with van der Waals surface area (Å²) >= 11 is 0. The monoisotopic (exact) mass is 776 g/mol. The predicted octanol–water partition coefficient (Wildman–Crippen LogP) is 17.1. The molecule has 0 N–H and O–H groups in total. The molecule has 0 aromatic heterocycles. The van der Waals surface area contributed by atoms with Crippen LogP contribution in [0.4, 0.5) is 34.1 Å². The number of benzene rings is 9. The van der Waals surface area contributed by atoms with E-state index in [1.54, 1.807) is 0 Å². The second kappa shape index (κ2) is 16.4. The van der Waals surface area contributed by atoms with Crippen molar-refractivity contribution in [3.8, 4) is 22.3 Å². The van der Waals surface area contributed by atoms with Crippen molar-refractivity contribution in [1.29, 1.82) is 0 Å². The van der Waals surface area contributed by atoms with Crippen molar-refractivity contribution >= 4 is 55.7 Å². The first-order chi connectivity index (χ1) is 29.2. The molecule has 0 bridgehead atoms. The first kappa shape index (κ1) is 38.6. The van der Waals surface area contributed by atoms with Gasteiger partial charge in [0.1, 0.15) is 0 Å². The minimum atomic E-state index is 0.410. The fourth-order valence-electron chi connectivity index (χ4n) is 8.87. The van der Waals surface area contributed by atoms with E-state index in [0.717, 1.165) is 34.1 Å². The standard InChI is InChI=1S/C58H52N2/c1-39(2)45-31-41(5)33-51(35-45)59(47-23-15-9-16-24-47)49-27-29-53-55(37-49)57(43-19-11-7-12-20-43)54-30-28-50(38-56(54)58(53)44-21-13-8-14-22-44)60(48-25-17-10-18-26-48)52-34-42(6)32-46(36-52)40(3)4/h7-40H,1-6H3. The Bertz CT molecular complexity index is 2730. The molecule has 0 saturated heterocycles. The smallest absolute Gasteiger partial charge is 0.0468 e. The van der Waals surface area contributed by atoms with Gasteiger partial charge in [0.05, 0.1) is 0 Å². The minimum absolute atomic E-state index is 0.410. The number of hydrogen-bond acceptors (Lipinski definition) is 2. The molecule has 0 fully saturated rings. The summed E-state index contributed by atoms with van der Waals surface area (Å²) in [5, 5.41) is 4.88. The highest BCUT2D eigenvalue weighted by molar-refractivity contribution is 6.22. The Kier molecular flexibility index (Phi) is 10.5. The van der Waals surface area contributed by atoms with Gasteiger partial charge in [0.15, 0.2) is 0 Å². The van der Waals surface area contributed by atoms with E-state index in [1.807, 2.05) is 0 Å². The molecule has 294 valence electrons. The number of rotatable bonds is 10. The zero-order valence-corrected chi connectivity index (χ0v) is 35.5. The minimum Gasteiger partial charge on any atom is -0.310 e. The Balaban J connectivity index is 1.36. The van der Waals surface area contributed by atoms with Crippen LogP contribution in [0.25, 0.3) is 43.8 Å². The van der Waals surface area contributed by atoms with Crippen LogP contribution in [-0.2, 0) is 0 Å². The number of anilines is 6. The van der Waals surface area contributed by atoms with Crippen molar-refractivity contribution in [1.82, 2.24) is 0 Å². The Morgan fingerprint density at radius 2 is 0.650 bits per heavy atom. The van der Waals surface area contributed by atoms with Crippen molar-refractivity contribution in [3.05, 3.63) is 216 Å². The predicted molar refractivity (Wildman–Crippen MR) is 259 cm³/mol. The molecule has 2 heteroatoms. The van der Waals surface area contributed by atoms with Crippen molar-refractivity contribution in [2.24, 2.45) is 0 Å². The molecular weight excluding hydrogens is 725 g/mol. The van der Waals surface area contributed by atoms with Crippen LogP contribution in [0.1, 0.15) is 61.8 Å². The average molecular weight is 777 g/mol. The van der Waals surface area contributed by atoms with Gasteiger partial charge in [0, 0.05) is 34.1 Å². The lowest BCUT2D eigenvalue weighted by Gasteiger charge is -2.29. The Labute approximate surface area is 356 Å². The average Bonchev–Trinajstić information content (AvgIpc) is 3.26. The molecule has 2 nitrogen and oxygen atoms in total. The molecule has 0 saturated carbocycles. The van der Waals surface area contributed by atoms with Gasteiger partial charge in [-0.05, 0) is 165 Å². The van der Waals surface area contributed by atoms with E-state index in [9.17, 15) is 0 Å². The maximum atomic E-state index is 2.43. The van der Waals surface area contributed by atoms with Crippen LogP contribution in [-0.4, -0.2) is 0 Å². The van der Waals surface area contributed by atoms with Crippen LogP contribution in [0.5, 0.6) is 0 Å². The van der Waals surface area contributed by atoms with Crippen molar-refractivity contribution in [2.75, 3.05) is 9.80 Å². The molecule has 0 aliphatic carbocycles.